The first-order chi connectivity index (χ1) is 9.67. The zero-order valence-electron chi connectivity index (χ0n) is 12.5. The lowest BCUT2D eigenvalue weighted by Crippen LogP contribution is -2.29. The first-order valence-corrected chi connectivity index (χ1v) is 7.89. The van der Waals surface area contributed by atoms with Gasteiger partial charge in [-0.15, -0.1) is 0 Å². The summed E-state index contributed by atoms with van der Waals surface area (Å²) < 4.78 is 14.5. The van der Waals surface area contributed by atoms with Gasteiger partial charge in [-0.2, -0.15) is 0 Å². The molecule has 2 fully saturated rings. The number of anilines is 1. The fourth-order valence-electron chi connectivity index (χ4n) is 2.71. The van der Waals surface area contributed by atoms with Crippen LogP contribution < -0.4 is 10.2 Å². The molecule has 20 heavy (non-hydrogen) atoms. The van der Waals surface area contributed by atoms with Gasteiger partial charge in [0.1, 0.15) is 5.82 Å². The van der Waals surface area contributed by atoms with Crippen molar-refractivity contribution >= 4 is 5.69 Å². The molecule has 0 bridgehead atoms. The van der Waals surface area contributed by atoms with Gasteiger partial charge in [-0.05, 0) is 69.2 Å². The Kier molecular flexibility index (Phi) is 3.97. The highest BCUT2D eigenvalue weighted by Crippen LogP contribution is 2.36. The first kappa shape index (κ1) is 13.9. The Bertz CT molecular complexity index is 452. The second-order valence-corrected chi connectivity index (χ2v) is 6.51. The van der Waals surface area contributed by atoms with E-state index in [4.69, 9.17) is 0 Å². The standard InChI is InChI=1S/C17H25FN2/c1-12(19-2)15-7-8-17(16(18)9-15)20(10-13-3-4-13)11-14-5-6-14/h7-9,12-14,19H,3-6,10-11H2,1-2H3. The van der Waals surface area contributed by atoms with E-state index in [9.17, 15) is 4.39 Å². The second kappa shape index (κ2) is 5.72. The van der Waals surface area contributed by atoms with E-state index in [-0.39, 0.29) is 11.9 Å². The molecule has 2 nitrogen and oxygen atoms in total. The van der Waals surface area contributed by atoms with Gasteiger partial charge in [0.05, 0.1) is 5.69 Å². The molecule has 1 N–H and O–H groups in total. The third kappa shape index (κ3) is 3.32. The maximum atomic E-state index is 14.5. The number of hydrogen-bond acceptors (Lipinski definition) is 2. The SMILES string of the molecule is CNC(C)c1ccc(N(CC2CC2)CC2CC2)c(F)c1. The molecule has 0 amide bonds. The van der Waals surface area contributed by atoms with Crippen LogP contribution in [0.5, 0.6) is 0 Å². The lowest BCUT2D eigenvalue weighted by Gasteiger charge is -2.26. The molecule has 110 valence electrons. The van der Waals surface area contributed by atoms with Crippen molar-refractivity contribution in [1.29, 1.82) is 0 Å². The summed E-state index contributed by atoms with van der Waals surface area (Å²) in [4.78, 5) is 2.29. The number of hydrogen-bond donors (Lipinski definition) is 1. The zero-order chi connectivity index (χ0) is 14.1. The summed E-state index contributed by atoms with van der Waals surface area (Å²) in [6.45, 7) is 4.13. The highest BCUT2D eigenvalue weighted by molar-refractivity contribution is 5.50. The third-order valence-electron chi connectivity index (χ3n) is 4.60. The van der Waals surface area contributed by atoms with Crippen molar-refractivity contribution in [3.8, 4) is 0 Å². The molecule has 2 aliphatic carbocycles. The molecule has 1 aromatic carbocycles. The first-order valence-electron chi connectivity index (χ1n) is 7.89. The fourth-order valence-corrected chi connectivity index (χ4v) is 2.71. The van der Waals surface area contributed by atoms with Crippen molar-refractivity contribution in [2.45, 2.75) is 38.6 Å². The molecule has 2 aliphatic rings. The summed E-state index contributed by atoms with van der Waals surface area (Å²) in [7, 11) is 1.91. The van der Waals surface area contributed by atoms with Gasteiger partial charge < -0.3 is 10.2 Å². The number of nitrogens with one attached hydrogen (secondary N) is 1. The maximum absolute atomic E-state index is 14.5. The summed E-state index contributed by atoms with van der Waals surface area (Å²) in [5.41, 5.74) is 1.82. The van der Waals surface area contributed by atoms with Crippen LogP contribution >= 0.6 is 0 Å². The summed E-state index contributed by atoms with van der Waals surface area (Å²) in [5.74, 6) is 1.53. The molecule has 1 aromatic rings. The predicted octanol–water partition coefficient (Wildman–Crippen LogP) is 3.73. The summed E-state index contributed by atoms with van der Waals surface area (Å²) in [5, 5.41) is 3.16. The van der Waals surface area contributed by atoms with Crippen LogP contribution in [0.15, 0.2) is 18.2 Å². The van der Waals surface area contributed by atoms with Crippen LogP contribution in [0.1, 0.15) is 44.2 Å². The molecule has 0 spiro atoms. The molecular weight excluding hydrogens is 251 g/mol. The van der Waals surface area contributed by atoms with Crippen molar-refractivity contribution in [2.24, 2.45) is 11.8 Å². The van der Waals surface area contributed by atoms with Crippen molar-refractivity contribution in [1.82, 2.24) is 5.32 Å². The smallest absolute Gasteiger partial charge is 0.146 e. The quantitative estimate of drug-likeness (QED) is 0.816. The van der Waals surface area contributed by atoms with Crippen molar-refractivity contribution in [3.63, 3.8) is 0 Å². The van der Waals surface area contributed by atoms with Gasteiger partial charge in [-0.1, -0.05) is 6.07 Å². The van der Waals surface area contributed by atoms with Crippen LogP contribution in [0.4, 0.5) is 10.1 Å². The number of benzene rings is 1. The van der Waals surface area contributed by atoms with Crippen LogP contribution in [-0.4, -0.2) is 20.1 Å². The van der Waals surface area contributed by atoms with Gasteiger partial charge in [0, 0.05) is 19.1 Å². The Labute approximate surface area is 121 Å². The van der Waals surface area contributed by atoms with Crippen molar-refractivity contribution < 1.29 is 4.39 Å². The Morgan fingerprint density at radius 3 is 2.25 bits per heavy atom. The Morgan fingerprint density at radius 1 is 1.20 bits per heavy atom. The molecular formula is C17H25FN2. The number of nitrogens with zero attached hydrogens (tertiary/aromatic N) is 1. The molecule has 0 heterocycles. The minimum atomic E-state index is -0.0640. The molecule has 3 heteroatoms. The predicted molar refractivity (Wildman–Crippen MR) is 81.5 cm³/mol. The topological polar surface area (TPSA) is 15.3 Å². The lowest BCUT2D eigenvalue weighted by molar-refractivity contribution is 0.591. The van der Waals surface area contributed by atoms with Crippen LogP contribution in [0.25, 0.3) is 0 Å². The normalized spacial score (nSPS) is 19.9. The van der Waals surface area contributed by atoms with E-state index in [2.05, 4.69) is 23.2 Å². The van der Waals surface area contributed by atoms with E-state index in [1.54, 1.807) is 6.07 Å². The molecule has 3 rings (SSSR count). The summed E-state index contributed by atoms with van der Waals surface area (Å²) >= 11 is 0. The summed E-state index contributed by atoms with van der Waals surface area (Å²) in [6, 6.07) is 5.93. The molecule has 0 aliphatic heterocycles. The average Bonchev–Trinajstić information content (AvgIpc) is 3.32. The molecule has 1 atom stereocenters. The fraction of sp³-hybridized carbons (Fsp3) is 0.647. The largest absolute Gasteiger partial charge is 0.369 e. The second-order valence-electron chi connectivity index (χ2n) is 6.51. The highest BCUT2D eigenvalue weighted by atomic mass is 19.1. The monoisotopic (exact) mass is 276 g/mol. The van der Waals surface area contributed by atoms with Gasteiger partial charge in [0.15, 0.2) is 0 Å². The van der Waals surface area contributed by atoms with Crippen LogP contribution in [0.2, 0.25) is 0 Å². The van der Waals surface area contributed by atoms with Gasteiger partial charge in [-0.25, -0.2) is 4.39 Å². The van der Waals surface area contributed by atoms with Gasteiger partial charge in [0.2, 0.25) is 0 Å². The van der Waals surface area contributed by atoms with E-state index < -0.39 is 0 Å². The third-order valence-corrected chi connectivity index (χ3v) is 4.60. The Morgan fingerprint density at radius 2 is 1.80 bits per heavy atom. The highest BCUT2D eigenvalue weighted by Gasteiger charge is 2.30. The zero-order valence-corrected chi connectivity index (χ0v) is 12.5. The van der Waals surface area contributed by atoms with Crippen LogP contribution in [-0.2, 0) is 0 Å². The van der Waals surface area contributed by atoms with E-state index in [0.717, 1.165) is 36.2 Å². The molecule has 0 radical (unpaired) electrons. The molecule has 1 unspecified atom stereocenters. The van der Waals surface area contributed by atoms with Crippen LogP contribution in [0.3, 0.4) is 0 Å². The van der Waals surface area contributed by atoms with Gasteiger partial charge in [0.25, 0.3) is 0 Å². The number of halogens is 1. The Hall–Kier alpha value is -1.09. The molecule has 0 aromatic heterocycles. The van der Waals surface area contributed by atoms with E-state index in [1.165, 1.54) is 25.7 Å². The molecule has 0 saturated heterocycles. The molecule has 2 saturated carbocycles. The maximum Gasteiger partial charge on any atom is 0.146 e. The van der Waals surface area contributed by atoms with Gasteiger partial charge >= 0.3 is 0 Å². The average molecular weight is 276 g/mol. The minimum Gasteiger partial charge on any atom is -0.369 e. The van der Waals surface area contributed by atoms with E-state index in [0.29, 0.717) is 0 Å². The van der Waals surface area contributed by atoms with Crippen molar-refractivity contribution in [2.75, 3.05) is 25.0 Å². The number of rotatable bonds is 7. The lowest BCUT2D eigenvalue weighted by atomic mass is 10.1. The van der Waals surface area contributed by atoms with Crippen molar-refractivity contribution in [3.05, 3.63) is 29.6 Å². The van der Waals surface area contributed by atoms with Crippen LogP contribution in [0, 0.1) is 17.7 Å². The van der Waals surface area contributed by atoms with Gasteiger partial charge in [-0.3, -0.25) is 0 Å². The summed E-state index contributed by atoms with van der Waals surface area (Å²) in [6.07, 6.45) is 5.27. The van der Waals surface area contributed by atoms with E-state index >= 15 is 0 Å². The van der Waals surface area contributed by atoms with E-state index in [1.807, 2.05) is 13.1 Å². The Balaban J connectivity index is 1.77. The minimum absolute atomic E-state index is 0.0640.